The average molecular weight is 213 g/mol. The number of allylic oxidation sites excluding steroid dienone is 1. The minimum atomic E-state index is -0.367. The highest BCUT2D eigenvalue weighted by Gasteiger charge is 2.02. The number of carbonyl (C=O) groups is 1. The van der Waals surface area contributed by atoms with Crippen LogP contribution in [-0.4, -0.2) is 17.6 Å². The van der Waals surface area contributed by atoms with Crippen LogP contribution in [0.1, 0.15) is 6.92 Å². The van der Waals surface area contributed by atoms with E-state index in [0.717, 1.165) is 11.3 Å². The Morgan fingerprint density at radius 2 is 2.43 bits per heavy atom. The first-order valence-electron chi connectivity index (χ1n) is 4.04. The predicted octanol–water partition coefficient (Wildman–Crippen LogP) is 1.03. The van der Waals surface area contributed by atoms with Crippen LogP contribution >= 0.6 is 11.3 Å². The van der Waals surface area contributed by atoms with E-state index in [9.17, 15) is 9.59 Å². The molecule has 0 spiro atoms. The summed E-state index contributed by atoms with van der Waals surface area (Å²) in [6.07, 6.45) is 3.36. The molecule has 0 aliphatic carbocycles. The molecular formula is C9H11NO3S. The van der Waals surface area contributed by atoms with E-state index in [1.54, 1.807) is 24.6 Å². The number of thiazole rings is 1. The normalized spacial score (nSPS) is 11.4. The molecule has 0 saturated heterocycles. The summed E-state index contributed by atoms with van der Waals surface area (Å²) in [6, 6.07) is 0. The summed E-state index contributed by atoms with van der Waals surface area (Å²) in [5.74, 6) is -0.367. The molecule has 76 valence electrons. The van der Waals surface area contributed by atoms with Crippen LogP contribution in [0.15, 0.2) is 28.0 Å². The van der Waals surface area contributed by atoms with E-state index in [4.69, 9.17) is 0 Å². The number of methoxy groups -OCH3 is 1. The number of hydrogen-bond donors (Lipinski definition) is 0. The Balaban J connectivity index is 2.68. The van der Waals surface area contributed by atoms with E-state index >= 15 is 0 Å². The molecular weight excluding hydrogens is 202 g/mol. The fourth-order valence-corrected chi connectivity index (χ4v) is 1.50. The van der Waals surface area contributed by atoms with Crippen molar-refractivity contribution in [1.82, 2.24) is 4.57 Å². The van der Waals surface area contributed by atoms with Gasteiger partial charge in [0.1, 0.15) is 0 Å². The molecule has 0 radical (unpaired) electrons. The van der Waals surface area contributed by atoms with Crippen LogP contribution in [0.4, 0.5) is 0 Å². The summed E-state index contributed by atoms with van der Waals surface area (Å²) in [6.45, 7) is 2.06. The maximum absolute atomic E-state index is 11.1. The molecule has 0 fully saturated rings. The van der Waals surface area contributed by atoms with Gasteiger partial charge in [-0.2, -0.15) is 0 Å². The zero-order valence-electron chi connectivity index (χ0n) is 8.02. The molecule has 4 nitrogen and oxygen atoms in total. The molecule has 0 N–H and O–H groups in total. The van der Waals surface area contributed by atoms with Gasteiger partial charge >= 0.3 is 10.8 Å². The van der Waals surface area contributed by atoms with E-state index in [2.05, 4.69) is 4.74 Å². The third-order valence-electron chi connectivity index (χ3n) is 1.75. The van der Waals surface area contributed by atoms with Gasteiger partial charge in [0.25, 0.3) is 0 Å². The number of aromatic nitrogens is 1. The molecule has 0 aliphatic rings. The topological polar surface area (TPSA) is 48.3 Å². The monoisotopic (exact) mass is 213 g/mol. The maximum atomic E-state index is 11.1. The van der Waals surface area contributed by atoms with Crippen molar-refractivity contribution in [2.75, 3.05) is 7.11 Å². The third-order valence-corrected chi connectivity index (χ3v) is 2.44. The summed E-state index contributed by atoms with van der Waals surface area (Å²) in [5.41, 5.74) is 0.505. The number of nitrogens with zero attached hydrogens (tertiary/aromatic N) is 1. The van der Waals surface area contributed by atoms with Crippen LogP contribution < -0.4 is 4.87 Å². The molecule has 1 aromatic rings. The van der Waals surface area contributed by atoms with Gasteiger partial charge in [-0.3, -0.25) is 4.79 Å². The highest BCUT2D eigenvalue weighted by molar-refractivity contribution is 7.07. The van der Waals surface area contributed by atoms with E-state index < -0.39 is 0 Å². The van der Waals surface area contributed by atoms with E-state index in [0.29, 0.717) is 12.1 Å². The van der Waals surface area contributed by atoms with Crippen molar-refractivity contribution in [3.05, 3.63) is 32.9 Å². The number of ether oxygens (including phenoxy) is 1. The Hall–Kier alpha value is -1.36. The smallest absolute Gasteiger partial charge is 0.333 e. The molecule has 14 heavy (non-hydrogen) atoms. The van der Waals surface area contributed by atoms with Gasteiger partial charge in [-0.05, 0) is 6.92 Å². The lowest BCUT2D eigenvalue weighted by Crippen LogP contribution is -2.11. The number of carbonyl (C=O) groups excluding carboxylic acids is 1. The molecule has 1 aromatic heterocycles. The molecule has 0 amide bonds. The molecule has 5 heteroatoms. The van der Waals surface area contributed by atoms with Crippen molar-refractivity contribution in [2.24, 2.45) is 0 Å². The first-order valence-corrected chi connectivity index (χ1v) is 4.92. The molecule has 0 aromatic carbocycles. The van der Waals surface area contributed by atoms with Crippen LogP contribution in [0.25, 0.3) is 0 Å². The largest absolute Gasteiger partial charge is 0.466 e. The highest BCUT2D eigenvalue weighted by Crippen LogP contribution is 1.97. The highest BCUT2D eigenvalue weighted by atomic mass is 32.1. The van der Waals surface area contributed by atoms with Gasteiger partial charge in [0.05, 0.1) is 7.11 Å². The zero-order chi connectivity index (χ0) is 10.6. The fourth-order valence-electron chi connectivity index (χ4n) is 0.906. The summed E-state index contributed by atoms with van der Waals surface area (Å²) >= 11 is 1.13. The van der Waals surface area contributed by atoms with Crippen molar-refractivity contribution in [1.29, 1.82) is 0 Å². The Morgan fingerprint density at radius 1 is 1.71 bits per heavy atom. The Kier molecular flexibility index (Phi) is 3.64. The van der Waals surface area contributed by atoms with E-state index in [1.165, 1.54) is 11.7 Å². The van der Waals surface area contributed by atoms with E-state index in [1.807, 2.05) is 0 Å². The third kappa shape index (κ3) is 2.56. The van der Waals surface area contributed by atoms with Crippen LogP contribution in [0.2, 0.25) is 0 Å². The van der Waals surface area contributed by atoms with Crippen LogP contribution in [0.3, 0.4) is 0 Å². The second-order valence-electron chi connectivity index (χ2n) is 2.70. The van der Waals surface area contributed by atoms with Crippen LogP contribution in [0, 0.1) is 0 Å². The van der Waals surface area contributed by atoms with Gasteiger partial charge in [-0.25, -0.2) is 4.79 Å². The second kappa shape index (κ2) is 4.76. The molecule has 0 saturated carbocycles. The summed E-state index contributed by atoms with van der Waals surface area (Å²) < 4.78 is 6.05. The quantitative estimate of drug-likeness (QED) is 0.556. The Labute approximate surface area is 85.4 Å². The fraction of sp³-hybridized carbons (Fsp3) is 0.333. The number of esters is 1. The molecule has 0 unspecified atom stereocenters. The van der Waals surface area contributed by atoms with Crippen molar-refractivity contribution >= 4 is 17.3 Å². The minimum absolute atomic E-state index is 0.0288. The minimum Gasteiger partial charge on any atom is -0.466 e. The van der Waals surface area contributed by atoms with Gasteiger partial charge in [0.15, 0.2) is 0 Å². The lowest BCUT2D eigenvalue weighted by Gasteiger charge is -1.98. The van der Waals surface area contributed by atoms with Gasteiger partial charge in [0.2, 0.25) is 0 Å². The summed E-state index contributed by atoms with van der Waals surface area (Å²) in [5, 5.41) is 1.71. The van der Waals surface area contributed by atoms with Gasteiger partial charge in [-0.1, -0.05) is 17.4 Å². The van der Waals surface area contributed by atoms with Gasteiger partial charge in [-0.15, -0.1) is 0 Å². The van der Waals surface area contributed by atoms with Crippen LogP contribution in [-0.2, 0) is 16.1 Å². The Morgan fingerprint density at radius 3 is 2.93 bits per heavy atom. The standard InChI is InChI=1S/C9H11NO3S/c1-7(8(11)13-2)3-4-10-5-6-14-9(10)12/h3,5-6H,4H2,1-2H3. The van der Waals surface area contributed by atoms with Crippen molar-refractivity contribution in [3.63, 3.8) is 0 Å². The first kappa shape index (κ1) is 10.7. The summed E-state index contributed by atoms with van der Waals surface area (Å²) in [7, 11) is 1.33. The molecule has 0 aliphatic heterocycles. The molecule has 0 atom stereocenters. The molecule has 1 rings (SSSR count). The van der Waals surface area contributed by atoms with Gasteiger partial charge in [0, 0.05) is 23.7 Å². The predicted molar refractivity (Wildman–Crippen MR) is 54.4 cm³/mol. The summed E-state index contributed by atoms with van der Waals surface area (Å²) in [4.78, 5) is 22.1. The SMILES string of the molecule is COC(=O)C(C)=CCn1ccsc1=O. The van der Waals surface area contributed by atoms with Crippen molar-refractivity contribution in [2.45, 2.75) is 13.5 Å². The first-order chi connectivity index (χ1) is 6.65. The van der Waals surface area contributed by atoms with Crippen molar-refractivity contribution in [3.8, 4) is 0 Å². The lowest BCUT2D eigenvalue weighted by atomic mass is 10.3. The molecule has 1 heterocycles. The molecule has 0 bridgehead atoms. The number of rotatable bonds is 3. The number of hydrogen-bond acceptors (Lipinski definition) is 4. The zero-order valence-corrected chi connectivity index (χ0v) is 8.84. The maximum Gasteiger partial charge on any atom is 0.333 e. The van der Waals surface area contributed by atoms with Crippen molar-refractivity contribution < 1.29 is 9.53 Å². The lowest BCUT2D eigenvalue weighted by molar-refractivity contribution is -0.136. The van der Waals surface area contributed by atoms with Gasteiger partial charge < -0.3 is 9.30 Å². The second-order valence-corrected chi connectivity index (χ2v) is 3.56. The van der Waals surface area contributed by atoms with Crippen LogP contribution in [0.5, 0.6) is 0 Å². The Bertz CT molecular complexity index is 402. The average Bonchev–Trinajstić information content (AvgIpc) is 2.59. The van der Waals surface area contributed by atoms with E-state index in [-0.39, 0.29) is 10.8 Å².